The van der Waals surface area contributed by atoms with Crippen molar-refractivity contribution in [3.05, 3.63) is 61.8 Å². The van der Waals surface area contributed by atoms with Crippen molar-refractivity contribution >= 4 is 44.5 Å². The molecule has 0 unspecified atom stereocenters. The van der Waals surface area contributed by atoms with Crippen LogP contribution in [0.15, 0.2) is 40.8 Å². The number of thiophene rings is 1. The predicted molar refractivity (Wildman–Crippen MR) is 121 cm³/mol. The van der Waals surface area contributed by atoms with Crippen molar-refractivity contribution < 1.29 is 4.79 Å². The Morgan fingerprint density at radius 1 is 1.27 bits per heavy atom. The van der Waals surface area contributed by atoms with Gasteiger partial charge in [-0.1, -0.05) is 12.1 Å². The van der Waals surface area contributed by atoms with Crippen molar-refractivity contribution in [2.75, 3.05) is 5.32 Å². The van der Waals surface area contributed by atoms with E-state index in [2.05, 4.69) is 15.3 Å². The monoisotopic (exact) mass is 436 g/mol. The lowest BCUT2D eigenvalue weighted by Crippen LogP contribution is -2.28. The maximum absolute atomic E-state index is 13.0. The van der Waals surface area contributed by atoms with Crippen molar-refractivity contribution in [3.8, 4) is 11.3 Å². The van der Waals surface area contributed by atoms with Crippen LogP contribution < -0.4 is 10.9 Å². The number of aromatic nitrogens is 3. The van der Waals surface area contributed by atoms with E-state index < -0.39 is 0 Å². The lowest BCUT2D eigenvalue weighted by atomic mass is 9.97. The highest BCUT2D eigenvalue weighted by Crippen LogP contribution is 2.33. The first-order chi connectivity index (χ1) is 14.6. The lowest BCUT2D eigenvalue weighted by Gasteiger charge is -2.11. The molecule has 6 nitrogen and oxygen atoms in total. The maximum atomic E-state index is 13.0. The Morgan fingerprint density at radius 3 is 2.97 bits per heavy atom. The van der Waals surface area contributed by atoms with Gasteiger partial charge < -0.3 is 5.32 Å². The van der Waals surface area contributed by atoms with Gasteiger partial charge in [-0.15, -0.1) is 22.7 Å². The Bertz CT molecular complexity index is 1320. The van der Waals surface area contributed by atoms with E-state index in [0.717, 1.165) is 52.3 Å². The zero-order valence-corrected chi connectivity index (χ0v) is 18.1. The smallest absolute Gasteiger partial charge is 0.262 e. The minimum absolute atomic E-state index is 0.0631. The number of rotatable bonds is 4. The third-order valence-electron chi connectivity index (χ3n) is 5.32. The molecule has 152 valence electrons. The van der Waals surface area contributed by atoms with Crippen LogP contribution in [0.25, 0.3) is 21.5 Å². The fourth-order valence-corrected chi connectivity index (χ4v) is 5.74. The molecule has 0 fully saturated rings. The molecule has 1 aliphatic carbocycles. The maximum Gasteiger partial charge on any atom is 0.262 e. The fourth-order valence-electron chi connectivity index (χ4n) is 3.90. The van der Waals surface area contributed by atoms with Crippen LogP contribution in [0.5, 0.6) is 0 Å². The summed E-state index contributed by atoms with van der Waals surface area (Å²) in [7, 11) is 0. The zero-order valence-electron chi connectivity index (χ0n) is 16.5. The average Bonchev–Trinajstić information content (AvgIpc) is 3.34. The Labute approximate surface area is 181 Å². The van der Waals surface area contributed by atoms with Gasteiger partial charge in [-0.05, 0) is 50.3 Å². The number of hydrogen-bond acceptors (Lipinski definition) is 6. The van der Waals surface area contributed by atoms with Crippen LogP contribution in [0.2, 0.25) is 0 Å². The molecule has 5 rings (SSSR count). The van der Waals surface area contributed by atoms with Crippen molar-refractivity contribution in [2.24, 2.45) is 0 Å². The number of nitrogens with one attached hydrogen (secondary N) is 1. The molecular formula is C22H20N4O2S2. The molecule has 1 amide bonds. The molecule has 0 saturated heterocycles. The molecule has 0 atom stereocenters. The van der Waals surface area contributed by atoms with Gasteiger partial charge in [-0.3, -0.25) is 14.2 Å². The predicted octanol–water partition coefficient (Wildman–Crippen LogP) is 4.41. The molecule has 8 heteroatoms. The summed E-state index contributed by atoms with van der Waals surface area (Å²) in [4.78, 5) is 36.7. The second kappa shape index (κ2) is 7.77. The third kappa shape index (κ3) is 3.57. The Morgan fingerprint density at radius 2 is 2.13 bits per heavy atom. The van der Waals surface area contributed by atoms with E-state index in [1.165, 1.54) is 15.8 Å². The summed E-state index contributed by atoms with van der Waals surface area (Å²) in [5.41, 5.74) is 3.53. The molecule has 4 aromatic rings. The van der Waals surface area contributed by atoms with Crippen molar-refractivity contribution in [1.82, 2.24) is 14.5 Å². The Balaban J connectivity index is 1.38. The van der Waals surface area contributed by atoms with Gasteiger partial charge in [0.05, 0.1) is 22.4 Å². The van der Waals surface area contributed by atoms with Gasteiger partial charge in [-0.25, -0.2) is 9.97 Å². The summed E-state index contributed by atoms with van der Waals surface area (Å²) >= 11 is 3.21. The van der Waals surface area contributed by atoms with Crippen molar-refractivity contribution in [3.63, 3.8) is 0 Å². The first kappa shape index (κ1) is 19.1. The van der Waals surface area contributed by atoms with Crippen LogP contribution in [0.1, 0.15) is 28.3 Å². The van der Waals surface area contributed by atoms with Crippen LogP contribution in [0.4, 0.5) is 5.69 Å². The number of carbonyl (C=O) groups is 1. The minimum atomic E-state index is -0.256. The molecule has 0 aliphatic heterocycles. The molecule has 1 aliphatic rings. The van der Waals surface area contributed by atoms with Gasteiger partial charge in [0.1, 0.15) is 11.4 Å². The third-order valence-corrected chi connectivity index (χ3v) is 7.29. The summed E-state index contributed by atoms with van der Waals surface area (Å²) in [5.74, 6) is -0.256. The molecule has 1 aromatic carbocycles. The Hall–Kier alpha value is -2.84. The van der Waals surface area contributed by atoms with Gasteiger partial charge in [-0.2, -0.15) is 0 Å². The minimum Gasteiger partial charge on any atom is -0.325 e. The summed E-state index contributed by atoms with van der Waals surface area (Å²) in [5, 5.41) is 6.59. The first-order valence-electron chi connectivity index (χ1n) is 9.90. The summed E-state index contributed by atoms with van der Waals surface area (Å²) in [6, 6.07) is 7.58. The van der Waals surface area contributed by atoms with Gasteiger partial charge in [0.25, 0.3) is 5.56 Å². The van der Waals surface area contributed by atoms with E-state index >= 15 is 0 Å². The van der Waals surface area contributed by atoms with E-state index in [1.807, 2.05) is 36.6 Å². The molecular weight excluding hydrogens is 416 g/mol. The zero-order chi connectivity index (χ0) is 20.7. The standard InChI is InChI=1S/C22H20N4O2S2/c1-13-24-17(11-29-13)14-5-4-6-15(9-14)25-19(27)10-26-12-23-21-20(22(26)28)16-7-2-3-8-18(16)30-21/h4-6,9,11-12H,2-3,7-8,10H2,1H3,(H,25,27). The summed E-state index contributed by atoms with van der Waals surface area (Å²) < 4.78 is 1.41. The number of nitrogens with zero attached hydrogens (tertiary/aromatic N) is 3. The largest absolute Gasteiger partial charge is 0.325 e. The number of amides is 1. The highest BCUT2D eigenvalue weighted by atomic mass is 32.1. The van der Waals surface area contributed by atoms with Gasteiger partial charge >= 0.3 is 0 Å². The molecule has 0 bridgehead atoms. The number of carbonyl (C=O) groups excluding carboxylic acids is 1. The fraction of sp³-hybridized carbons (Fsp3) is 0.273. The van der Waals surface area contributed by atoms with E-state index in [0.29, 0.717) is 11.1 Å². The molecule has 0 spiro atoms. The molecule has 0 saturated carbocycles. The lowest BCUT2D eigenvalue weighted by molar-refractivity contribution is -0.116. The molecule has 1 N–H and O–H groups in total. The number of anilines is 1. The van der Waals surface area contributed by atoms with Gasteiger partial charge in [0, 0.05) is 21.5 Å². The average molecular weight is 437 g/mol. The molecule has 30 heavy (non-hydrogen) atoms. The Kier molecular flexibility index (Phi) is 4.96. The molecule has 3 aromatic heterocycles. The molecule has 0 radical (unpaired) electrons. The van der Waals surface area contributed by atoms with Gasteiger partial charge in [0.15, 0.2) is 0 Å². The van der Waals surface area contributed by atoms with Crippen LogP contribution in [-0.2, 0) is 24.2 Å². The summed E-state index contributed by atoms with van der Waals surface area (Å²) in [6.45, 7) is 1.90. The van der Waals surface area contributed by atoms with E-state index in [1.54, 1.807) is 22.7 Å². The number of hydrogen-bond donors (Lipinski definition) is 1. The second-order valence-electron chi connectivity index (χ2n) is 7.45. The van der Waals surface area contributed by atoms with Gasteiger partial charge in [0.2, 0.25) is 5.91 Å². The van der Waals surface area contributed by atoms with Crippen LogP contribution in [-0.4, -0.2) is 20.4 Å². The van der Waals surface area contributed by atoms with Crippen molar-refractivity contribution in [2.45, 2.75) is 39.2 Å². The topological polar surface area (TPSA) is 76.9 Å². The van der Waals surface area contributed by atoms with E-state index in [4.69, 9.17) is 0 Å². The van der Waals surface area contributed by atoms with E-state index in [-0.39, 0.29) is 18.0 Å². The molecule has 3 heterocycles. The summed E-state index contributed by atoms with van der Waals surface area (Å²) in [6.07, 6.45) is 5.69. The number of fused-ring (bicyclic) bond motifs is 3. The first-order valence-corrected chi connectivity index (χ1v) is 11.6. The quantitative estimate of drug-likeness (QED) is 0.514. The second-order valence-corrected chi connectivity index (χ2v) is 9.60. The SMILES string of the molecule is Cc1nc(-c2cccc(NC(=O)Cn3cnc4sc5c(c4c3=O)CCCC5)c2)cs1. The normalized spacial score (nSPS) is 13.4. The number of benzene rings is 1. The highest BCUT2D eigenvalue weighted by Gasteiger charge is 2.20. The van der Waals surface area contributed by atoms with E-state index in [9.17, 15) is 9.59 Å². The number of thiazole rings is 1. The highest BCUT2D eigenvalue weighted by molar-refractivity contribution is 7.18. The van der Waals surface area contributed by atoms with Crippen LogP contribution in [0, 0.1) is 6.92 Å². The number of aryl methyl sites for hydroxylation is 3. The van der Waals surface area contributed by atoms with Crippen LogP contribution in [0.3, 0.4) is 0 Å². The van der Waals surface area contributed by atoms with Crippen molar-refractivity contribution in [1.29, 1.82) is 0 Å². The van der Waals surface area contributed by atoms with Crippen LogP contribution >= 0.6 is 22.7 Å².